The van der Waals surface area contributed by atoms with Gasteiger partial charge in [-0.1, -0.05) is 23.8 Å². The van der Waals surface area contributed by atoms with Gasteiger partial charge in [0.25, 0.3) is 5.79 Å². The summed E-state index contributed by atoms with van der Waals surface area (Å²) < 4.78 is 24.6. The van der Waals surface area contributed by atoms with Crippen LogP contribution in [0.1, 0.15) is 30.4 Å². The van der Waals surface area contributed by atoms with Crippen molar-refractivity contribution in [2.75, 3.05) is 26.9 Å². The Morgan fingerprint density at radius 1 is 0.955 bits per heavy atom. The number of hydrogen-bond donors (Lipinski definition) is 11. The summed E-state index contributed by atoms with van der Waals surface area (Å²) in [6.45, 7) is -0.388. The maximum absolute atomic E-state index is 13.6. The van der Waals surface area contributed by atoms with Crippen molar-refractivity contribution in [3.8, 4) is 33.9 Å². The highest BCUT2D eigenvalue weighted by Crippen LogP contribution is 2.36. The summed E-state index contributed by atoms with van der Waals surface area (Å²) in [5.74, 6) is -9.71. The first kappa shape index (κ1) is 47.6. The number of ether oxygens (including phenoxy) is 3. The summed E-state index contributed by atoms with van der Waals surface area (Å²) in [4.78, 5) is 49.1. The highest BCUT2D eigenvalue weighted by molar-refractivity contribution is 5.96. The zero-order chi connectivity index (χ0) is 47.5. The molecule has 8 atom stereocenters. The number of nitrogens with zero attached hydrogens (tertiary/aromatic N) is 1. The predicted octanol–water partition coefficient (Wildman–Crippen LogP) is 1.28. The number of unbranched alkanes of at least 4 members (excludes halogenated alkanes) is 1. The van der Waals surface area contributed by atoms with E-state index < -0.39 is 85.1 Å². The van der Waals surface area contributed by atoms with Crippen molar-refractivity contribution < 1.29 is 79.0 Å². The van der Waals surface area contributed by atoms with E-state index in [1.807, 2.05) is 25.1 Å². The lowest BCUT2D eigenvalue weighted by atomic mass is 9.91. The van der Waals surface area contributed by atoms with Crippen LogP contribution in [0.2, 0.25) is 0 Å². The normalized spacial score (nSPS) is 21.0. The number of benzene rings is 3. The fraction of sp³-hybridized carbons (Fsp3) is 0.370. The van der Waals surface area contributed by atoms with E-state index in [0.29, 0.717) is 40.6 Å². The third kappa shape index (κ3) is 9.49. The molecule has 7 rings (SSSR count). The molecule has 0 radical (unpaired) electrons. The van der Waals surface area contributed by atoms with Gasteiger partial charge in [-0.05, 0) is 86.8 Å². The molecule has 4 heterocycles. The molecular formula is C46H51N3O17. The van der Waals surface area contributed by atoms with Crippen LogP contribution in [0.5, 0.6) is 11.5 Å². The molecule has 66 heavy (non-hydrogen) atoms. The monoisotopic (exact) mass is 917 g/mol. The van der Waals surface area contributed by atoms with Gasteiger partial charge in [0, 0.05) is 42.8 Å². The number of aromatic hydroxyl groups is 1. The van der Waals surface area contributed by atoms with Gasteiger partial charge in [0.2, 0.25) is 12.4 Å². The Kier molecular flexibility index (Phi) is 14.2. The van der Waals surface area contributed by atoms with Crippen molar-refractivity contribution in [2.45, 2.75) is 74.8 Å². The number of aromatic nitrogens is 2. The van der Waals surface area contributed by atoms with E-state index in [0.717, 1.165) is 24.6 Å². The van der Waals surface area contributed by atoms with Crippen molar-refractivity contribution in [3.05, 3.63) is 107 Å². The molecule has 0 unspecified atom stereocenters. The first-order valence-corrected chi connectivity index (χ1v) is 21.0. The van der Waals surface area contributed by atoms with Crippen LogP contribution in [0.3, 0.4) is 0 Å². The van der Waals surface area contributed by atoms with Crippen molar-refractivity contribution >= 4 is 33.8 Å². The maximum atomic E-state index is 13.6. The number of carboxylic acid groups (broad SMARTS) is 1. The number of aliphatic carboxylic acids is 1. The molecule has 1 saturated heterocycles. The molecule has 1 fully saturated rings. The topological polar surface area (TPSA) is 316 Å². The first-order chi connectivity index (χ1) is 31.5. The highest BCUT2D eigenvalue weighted by atomic mass is 16.8. The zero-order valence-electron chi connectivity index (χ0n) is 35.7. The van der Waals surface area contributed by atoms with Gasteiger partial charge in [-0.2, -0.15) is 4.73 Å². The van der Waals surface area contributed by atoms with Crippen molar-refractivity contribution in [2.24, 2.45) is 5.92 Å². The lowest BCUT2D eigenvalue weighted by Crippen LogP contribution is -2.69. The number of H-pyrrole nitrogens is 1. The molecular weight excluding hydrogens is 867 g/mol. The minimum Gasteiger partial charge on any atom is -0.508 e. The number of aliphatic hydroxyl groups excluding tert-OH is 5. The summed E-state index contributed by atoms with van der Waals surface area (Å²) in [6.07, 6.45) is -4.52. The third-order valence-electron chi connectivity index (χ3n) is 11.6. The van der Waals surface area contributed by atoms with Crippen molar-refractivity contribution in [1.82, 2.24) is 15.0 Å². The number of aromatic amines is 1. The molecule has 1 aliphatic heterocycles. The number of phenols is 1. The maximum Gasteiger partial charge on any atom is 0.327 e. The smallest absolute Gasteiger partial charge is 0.327 e. The van der Waals surface area contributed by atoms with Gasteiger partial charge < -0.3 is 74.4 Å². The minimum atomic E-state index is -3.34. The summed E-state index contributed by atoms with van der Waals surface area (Å²) in [7, 11) is 1.10. The third-order valence-corrected chi connectivity index (χ3v) is 11.6. The van der Waals surface area contributed by atoms with Crippen LogP contribution in [-0.2, 0) is 25.5 Å². The molecule has 0 saturated carbocycles. The number of phenolic OH excluding ortho intramolecular Hbond substituents is 1. The molecule has 6 aromatic rings. The zero-order valence-corrected chi connectivity index (χ0v) is 35.7. The quantitative estimate of drug-likeness (QED) is 0.0236. The Morgan fingerprint density at radius 2 is 1.71 bits per heavy atom. The lowest BCUT2D eigenvalue weighted by molar-refractivity contribution is -0.356. The van der Waals surface area contributed by atoms with Gasteiger partial charge in [0.05, 0.1) is 22.7 Å². The molecule has 0 bridgehead atoms. The van der Waals surface area contributed by atoms with Crippen LogP contribution >= 0.6 is 0 Å². The van der Waals surface area contributed by atoms with E-state index in [1.165, 1.54) is 41.3 Å². The average molecular weight is 918 g/mol. The van der Waals surface area contributed by atoms with Crippen molar-refractivity contribution in [3.63, 3.8) is 0 Å². The second kappa shape index (κ2) is 19.6. The van der Waals surface area contributed by atoms with Crippen LogP contribution in [-0.4, -0.2) is 137 Å². The second-order valence-corrected chi connectivity index (χ2v) is 16.1. The van der Waals surface area contributed by atoms with Gasteiger partial charge in [0.15, 0.2) is 17.5 Å². The molecule has 20 heteroatoms. The molecule has 0 spiro atoms. The van der Waals surface area contributed by atoms with E-state index in [1.54, 1.807) is 30.6 Å². The molecule has 11 N–H and O–H groups in total. The standard InChI is InChI=1S/C46H51N3O17/c1-24-17-25(5-3-4-15-50)19-28(18-24)36-35-27(12-14-48-35)21-49(36)66-40-38(55)39(56)41(46(61,23-52)65-43(59)34(42(57)58)45(60,47-2)13-16-51)64-44(40)63-30-10-11-31-33(20-30)62-22-32(37(31)54)26-6-8-29(53)9-7-26/h6-12,14,17-22,34,38-41,44,47-48,50-53,55-56,60-61H,3-5,13,15-16,23H2,1-2H3,(H,57,58)/t34-,38+,39+,40-,41+,44-,45-,46+/m0/s1. The highest BCUT2D eigenvalue weighted by Gasteiger charge is 2.59. The van der Waals surface area contributed by atoms with Crippen LogP contribution in [0.15, 0.2) is 94.6 Å². The summed E-state index contributed by atoms with van der Waals surface area (Å²) in [5, 5.41) is 98.5. The molecule has 1 aliphatic rings. The number of aryl methyl sites for hydroxylation is 2. The first-order valence-electron chi connectivity index (χ1n) is 21.0. The summed E-state index contributed by atoms with van der Waals surface area (Å²) in [6, 6.07) is 17.6. The molecule has 20 nitrogen and oxygen atoms in total. The van der Waals surface area contributed by atoms with E-state index >= 15 is 0 Å². The van der Waals surface area contributed by atoms with Gasteiger partial charge >= 0.3 is 11.9 Å². The Labute approximate surface area is 375 Å². The number of carbonyl (C=O) groups is 2. The number of carbonyl (C=O) groups excluding carboxylic acids is 1. The molecule has 352 valence electrons. The fourth-order valence-electron chi connectivity index (χ4n) is 8.14. The average Bonchev–Trinajstić information content (AvgIpc) is 3.88. The summed E-state index contributed by atoms with van der Waals surface area (Å²) >= 11 is 0. The SMILES string of the molecule is CN[C@](O)(CCO)[C@@H](C(=O)O)C(=O)O[C@](O)(CO)[C@@H]1O[C@H](Oc2ccc3c(=O)c(-c4ccc(O)cc4)coc3c2)[C@@H](On2cc3cc[nH]c3c2-c2cc(C)cc(CCCCO)c2)[C@H](O)[C@H]1O. The van der Waals surface area contributed by atoms with Crippen LogP contribution < -0.4 is 20.3 Å². The fourth-order valence-corrected chi connectivity index (χ4v) is 8.14. The number of fused-ring (bicyclic) bond motifs is 2. The molecule has 3 aromatic heterocycles. The van der Waals surface area contributed by atoms with E-state index in [9.17, 15) is 60.3 Å². The van der Waals surface area contributed by atoms with Crippen LogP contribution in [0.25, 0.3) is 44.3 Å². The summed E-state index contributed by atoms with van der Waals surface area (Å²) in [5.41, 5.74) is 1.29. The number of carboxylic acids is 1. The van der Waals surface area contributed by atoms with Crippen molar-refractivity contribution in [1.29, 1.82) is 0 Å². The minimum absolute atomic E-state index is 0.00269. The van der Waals surface area contributed by atoms with Gasteiger partial charge in [-0.3, -0.25) is 19.7 Å². The predicted molar refractivity (Wildman–Crippen MR) is 233 cm³/mol. The number of rotatable bonds is 19. The van der Waals surface area contributed by atoms with Gasteiger partial charge in [0.1, 0.15) is 53.6 Å². The van der Waals surface area contributed by atoms with E-state index in [2.05, 4.69) is 10.3 Å². The van der Waals surface area contributed by atoms with Crippen LogP contribution in [0.4, 0.5) is 0 Å². The Hall–Kier alpha value is -6.33. The van der Waals surface area contributed by atoms with Gasteiger partial charge in [-0.15, -0.1) is 0 Å². The Bertz CT molecular complexity index is 2730. The molecule has 3 aromatic carbocycles. The number of aliphatic hydroxyl groups is 7. The largest absolute Gasteiger partial charge is 0.508 e. The number of hydrogen-bond acceptors (Lipinski definition) is 17. The van der Waals surface area contributed by atoms with E-state index in [4.69, 9.17) is 23.5 Å². The molecule has 0 amide bonds. The lowest BCUT2D eigenvalue weighted by Gasteiger charge is -2.46. The van der Waals surface area contributed by atoms with Gasteiger partial charge in [-0.25, -0.2) is 0 Å². The second-order valence-electron chi connectivity index (χ2n) is 16.1. The van der Waals surface area contributed by atoms with E-state index in [-0.39, 0.29) is 34.6 Å². The Balaban J connectivity index is 1.28. The van der Waals surface area contributed by atoms with Crippen LogP contribution in [0, 0.1) is 12.8 Å². The number of esters is 1. The Morgan fingerprint density at radius 3 is 2.39 bits per heavy atom. The number of nitrogens with one attached hydrogen (secondary N) is 2. The molecule has 0 aliphatic carbocycles.